The molecule has 0 saturated heterocycles. The molecule has 0 N–H and O–H groups in total. The number of pyridine rings is 1. The first-order valence-electron chi connectivity index (χ1n) is 9.00. The number of hydrogen-bond acceptors (Lipinski definition) is 4. The van der Waals surface area contributed by atoms with Gasteiger partial charge in [0.15, 0.2) is 0 Å². The van der Waals surface area contributed by atoms with Gasteiger partial charge in [-0.1, -0.05) is 12.1 Å². The number of anilines is 1. The number of nitrogens with zero attached hydrogens (tertiary/aromatic N) is 4. The maximum absolute atomic E-state index is 14.9. The third kappa shape index (κ3) is 3.59. The fraction of sp³-hybridized carbons (Fsp3) is 0.136. The van der Waals surface area contributed by atoms with E-state index in [1.165, 1.54) is 16.7 Å². The molecule has 4 rings (SSSR count). The van der Waals surface area contributed by atoms with Gasteiger partial charge in [-0.05, 0) is 47.5 Å². The maximum atomic E-state index is 14.9. The maximum Gasteiger partial charge on any atom is 0.269 e. The summed E-state index contributed by atoms with van der Waals surface area (Å²) >= 11 is 0. The number of halogens is 2. The van der Waals surface area contributed by atoms with Crippen LogP contribution in [0, 0.1) is 11.6 Å². The van der Waals surface area contributed by atoms with Crippen molar-refractivity contribution in [3.8, 4) is 11.1 Å². The van der Waals surface area contributed by atoms with Crippen molar-refractivity contribution >= 4 is 16.9 Å². The van der Waals surface area contributed by atoms with Crippen molar-refractivity contribution in [2.75, 3.05) is 19.0 Å². The highest BCUT2D eigenvalue weighted by Gasteiger charge is 2.15. The van der Waals surface area contributed by atoms with E-state index in [9.17, 15) is 13.6 Å². The molecule has 0 fully saturated rings. The van der Waals surface area contributed by atoms with Crippen LogP contribution in [0.2, 0.25) is 0 Å². The first-order chi connectivity index (χ1) is 13.9. The molecule has 0 aliphatic rings. The molecule has 2 aromatic carbocycles. The average Bonchev–Trinajstić information content (AvgIpc) is 2.72. The molecule has 0 aliphatic carbocycles. The molecule has 0 amide bonds. The number of aromatic nitrogens is 3. The second-order valence-electron chi connectivity index (χ2n) is 6.89. The van der Waals surface area contributed by atoms with Gasteiger partial charge in [0.05, 0.1) is 23.8 Å². The largest absolute Gasteiger partial charge is 0.363 e. The molecule has 0 bridgehead atoms. The highest BCUT2D eigenvalue weighted by Crippen LogP contribution is 2.27. The molecule has 2 aromatic heterocycles. The van der Waals surface area contributed by atoms with Crippen LogP contribution in [0.25, 0.3) is 22.2 Å². The molecule has 0 radical (unpaired) electrons. The van der Waals surface area contributed by atoms with E-state index in [4.69, 9.17) is 0 Å². The van der Waals surface area contributed by atoms with Crippen LogP contribution in [0.5, 0.6) is 0 Å². The monoisotopic (exact) mass is 392 g/mol. The van der Waals surface area contributed by atoms with Crippen LogP contribution in [-0.2, 0) is 6.54 Å². The summed E-state index contributed by atoms with van der Waals surface area (Å²) in [6, 6.07) is 13.0. The number of benzene rings is 2. The molecule has 2 heterocycles. The lowest BCUT2D eigenvalue weighted by molar-refractivity contribution is 0.545. The van der Waals surface area contributed by atoms with E-state index in [1.807, 2.05) is 19.0 Å². The summed E-state index contributed by atoms with van der Waals surface area (Å²) < 4.78 is 31.1. The number of para-hydroxylation sites is 2. The Morgan fingerprint density at radius 3 is 2.41 bits per heavy atom. The second-order valence-corrected chi connectivity index (χ2v) is 6.89. The molecule has 29 heavy (non-hydrogen) atoms. The van der Waals surface area contributed by atoms with Crippen LogP contribution in [0.3, 0.4) is 0 Å². The third-order valence-corrected chi connectivity index (χ3v) is 4.75. The van der Waals surface area contributed by atoms with Gasteiger partial charge in [-0.3, -0.25) is 4.79 Å². The zero-order valence-electron chi connectivity index (χ0n) is 15.9. The van der Waals surface area contributed by atoms with Gasteiger partial charge in [0.2, 0.25) is 0 Å². The van der Waals surface area contributed by atoms with Gasteiger partial charge in [0, 0.05) is 25.9 Å². The van der Waals surface area contributed by atoms with E-state index in [0.717, 1.165) is 6.20 Å². The SMILES string of the molecule is CN(C)c1cc(-c2cc(F)c(Cn3c(=O)cnc4ccccc43)c(F)c2)ccn1. The minimum absolute atomic E-state index is 0.172. The van der Waals surface area contributed by atoms with Crippen molar-refractivity contribution in [3.63, 3.8) is 0 Å². The lowest BCUT2D eigenvalue weighted by Crippen LogP contribution is -2.22. The molecule has 0 saturated carbocycles. The minimum Gasteiger partial charge on any atom is -0.363 e. The molecule has 7 heteroatoms. The van der Waals surface area contributed by atoms with E-state index in [-0.39, 0.29) is 12.1 Å². The van der Waals surface area contributed by atoms with Gasteiger partial charge >= 0.3 is 0 Å². The lowest BCUT2D eigenvalue weighted by Gasteiger charge is -2.14. The number of fused-ring (bicyclic) bond motifs is 1. The van der Waals surface area contributed by atoms with E-state index in [2.05, 4.69) is 9.97 Å². The fourth-order valence-corrected chi connectivity index (χ4v) is 3.20. The van der Waals surface area contributed by atoms with Crippen LogP contribution in [-0.4, -0.2) is 28.6 Å². The van der Waals surface area contributed by atoms with E-state index in [1.54, 1.807) is 42.6 Å². The quantitative estimate of drug-likeness (QED) is 0.529. The van der Waals surface area contributed by atoms with E-state index >= 15 is 0 Å². The highest BCUT2D eigenvalue weighted by atomic mass is 19.1. The Morgan fingerprint density at radius 2 is 1.69 bits per heavy atom. The highest BCUT2D eigenvalue weighted by molar-refractivity contribution is 5.74. The summed E-state index contributed by atoms with van der Waals surface area (Å²) in [6.45, 7) is -0.223. The van der Waals surface area contributed by atoms with Crippen molar-refractivity contribution in [3.05, 3.63) is 88.5 Å². The summed E-state index contributed by atoms with van der Waals surface area (Å²) in [7, 11) is 3.68. The topological polar surface area (TPSA) is 51.0 Å². The summed E-state index contributed by atoms with van der Waals surface area (Å²) in [6.07, 6.45) is 2.75. The van der Waals surface area contributed by atoms with E-state index in [0.29, 0.717) is 28.0 Å². The first kappa shape index (κ1) is 18.7. The second kappa shape index (κ2) is 7.43. The molecular weight excluding hydrogens is 374 g/mol. The molecule has 146 valence electrons. The van der Waals surface area contributed by atoms with Gasteiger partial charge in [0.1, 0.15) is 17.5 Å². The molecule has 5 nitrogen and oxygen atoms in total. The summed E-state index contributed by atoms with van der Waals surface area (Å²) in [5.41, 5.74) is 1.57. The van der Waals surface area contributed by atoms with Crippen molar-refractivity contribution < 1.29 is 8.78 Å². The zero-order chi connectivity index (χ0) is 20.5. The van der Waals surface area contributed by atoms with Crippen LogP contribution in [0.1, 0.15) is 5.56 Å². The predicted molar refractivity (Wildman–Crippen MR) is 109 cm³/mol. The van der Waals surface area contributed by atoms with Crippen molar-refractivity contribution in [2.45, 2.75) is 6.54 Å². The summed E-state index contributed by atoms with van der Waals surface area (Å²) in [4.78, 5) is 22.4. The normalized spacial score (nSPS) is 11.0. The van der Waals surface area contributed by atoms with Crippen LogP contribution < -0.4 is 10.5 Å². The van der Waals surface area contributed by atoms with Crippen LogP contribution in [0.15, 0.2) is 65.7 Å². The predicted octanol–water partition coefficient (Wildman–Crippen LogP) is 3.85. The fourth-order valence-electron chi connectivity index (χ4n) is 3.20. The third-order valence-electron chi connectivity index (χ3n) is 4.75. The smallest absolute Gasteiger partial charge is 0.269 e. The van der Waals surface area contributed by atoms with Gasteiger partial charge < -0.3 is 9.47 Å². The number of rotatable bonds is 4. The average molecular weight is 392 g/mol. The first-order valence-corrected chi connectivity index (χ1v) is 9.00. The van der Waals surface area contributed by atoms with Gasteiger partial charge in [-0.2, -0.15) is 0 Å². The Labute approximate surface area is 165 Å². The summed E-state index contributed by atoms with van der Waals surface area (Å²) in [5.74, 6) is -0.741. The Balaban J connectivity index is 1.77. The number of hydrogen-bond donors (Lipinski definition) is 0. The van der Waals surface area contributed by atoms with Crippen molar-refractivity contribution in [1.82, 2.24) is 14.5 Å². The van der Waals surface area contributed by atoms with Crippen LogP contribution >= 0.6 is 0 Å². The summed E-state index contributed by atoms with van der Waals surface area (Å²) in [5, 5.41) is 0. The molecular formula is C22H18F2N4O. The van der Waals surface area contributed by atoms with Gasteiger partial charge in [0.25, 0.3) is 5.56 Å². The molecule has 0 atom stereocenters. The van der Waals surface area contributed by atoms with Gasteiger partial charge in [-0.15, -0.1) is 0 Å². The standard InChI is InChI=1S/C22H18F2N4O/c1-27(2)21-11-14(7-8-25-21)15-9-17(23)16(18(24)10-15)13-28-20-6-4-3-5-19(20)26-12-22(28)29/h3-12H,13H2,1-2H3. The van der Waals surface area contributed by atoms with E-state index < -0.39 is 17.2 Å². The van der Waals surface area contributed by atoms with Crippen LogP contribution in [0.4, 0.5) is 14.6 Å². The van der Waals surface area contributed by atoms with Crippen molar-refractivity contribution in [2.24, 2.45) is 0 Å². The van der Waals surface area contributed by atoms with Gasteiger partial charge in [-0.25, -0.2) is 18.7 Å². The minimum atomic E-state index is -0.712. The molecule has 4 aromatic rings. The molecule has 0 aliphatic heterocycles. The molecule has 0 spiro atoms. The molecule has 0 unspecified atom stereocenters. The zero-order valence-corrected chi connectivity index (χ0v) is 15.9. The van der Waals surface area contributed by atoms with Crippen molar-refractivity contribution in [1.29, 1.82) is 0 Å². The Hall–Kier alpha value is -3.61. The lowest BCUT2D eigenvalue weighted by atomic mass is 10.0. The Kier molecular flexibility index (Phi) is 4.80. The Morgan fingerprint density at radius 1 is 0.966 bits per heavy atom. The Bertz CT molecular complexity index is 1240.